The molecule has 0 saturated carbocycles. The maximum absolute atomic E-state index is 14.8. The minimum atomic E-state index is -4.54. The minimum Gasteiger partial charge on any atom is -0.475 e. The van der Waals surface area contributed by atoms with Gasteiger partial charge >= 0.3 is 12.1 Å². The third kappa shape index (κ3) is 6.83. The second-order valence-electron chi connectivity index (χ2n) is 7.27. The van der Waals surface area contributed by atoms with E-state index in [9.17, 15) is 31.5 Å². The Morgan fingerprint density at radius 1 is 1.14 bits per heavy atom. The predicted octanol–water partition coefficient (Wildman–Crippen LogP) is 5.20. The van der Waals surface area contributed by atoms with E-state index in [1.54, 1.807) is 6.92 Å². The molecule has 2 N–H and O–H groups in total. The van der Waals surface area contributed by atoms with E-state index in [0.29, 0.717) is 0 Å². The molecular weight excluding hydrogens is 575 g/mol. The molecule has 14 heteroatoms. The number of nitrogens with two attached hydrogens (primary N) is 1. The standard InChI is InChI=1S/C23H18BrF5N2O6/c1-2-35-16(32)10-34-9-15(36-14-8-7-13(25)17(18(14)26)21(30)33)22-31-19(20(24)37-22)11-3-5-12(6-4-11)23(27,28)29/h3-8,15H,2,9-10H2,1H3,(H2,30,33). The minimum absolute atomic E-state index is 0.00125. The molecule has 0 fully saturated rings. The summed E-state index contributed by atoms with van der Waals surface area (Å²) in [6, 6.07) is 5.69. The smallest absolute Gasteiger partial charge is 0.416 e. The molecule has 3 rings (SSSR count). The first-order valence-corrected chi connectivity index (χ1v) is 11.2. The number of amides is 1. The van der Waals surface area contributed by atoms with Gasteiger partial charge in [-0.3, -0.25) is 4.79 Å². The molecule has 1 heterocycles. The topological polar surface area (TPSA) is 114 Å². The van der Waals surface area contributed by atoms with Crippen LogP contribution in [-0.4, -0.2) is 36.7 Å². The van der Waals surface area contributed by atoms with Crippen LogP contribution in [0.2, 0.25) is 0 Å². The molecule has 0 spiro atoms. The van der Waals surface area contributed by atoms with Crippen LogP contribution in [-0.2, 0) is 20.4 Å². The van der Waals surface area contributed by atoms with Gasteiger partial charge in [0.2, 0.25) is 5.89 Å². The van der Waals surface area contributed by atoms with Crippen molar-refractivity contribution in [2.75, 3.05) is 19.8 Å². The average molecular weight is 593 g/mol. The molecule has 0 bridgehead atoms. The number of carbonyl (C=O) groups is 2. The Hall–Kier alpha value is -3.52. The lowest BCUT2D eigenvalue weighted by molar-refractivity contribution is -0.149. The zero-order chi connectivity index (χ0) is 27.3. The molecule has 1 aromatic heterocycles. The number of carbonyl (C=O) groups excluding carboxylic acids is 2. The fraction of sp³-hybridized carbons (Fsp3) is 0.261. The zero-order valence-corrected chi connectivity index (χ0v) is 20.5. The van der Waals surface area contributed by atoms with Gasteiger partial charge in [-0.25, -0.2) is 18.6 Å². The fourth-order valence-electron chi connectivity index (χ4n) is 3.06. The van der Waals surface area contributed by atoms with Gasteiger partial charge in [0.15, 0.2) is 22.3 Å². The molecular formula is C23H18BrF5N2O6. The normalized spacial score (nSPS) is 12.3. The van der Waals surface area contributed by atoms with E-state index in [1.807, 2.05) is 0 Å². The van der Waals surface area contributed by atoms with Crippen molar-refractivity contribution in [3.63, 3.8) is 0 Å². The van der Waals surface area contributed by atoms with E-state index in [4.69, 9.17) is 24.4 Å². The average Bonchev–Trinajstić information content (AvgIpc) is 3.21. The molecule has 8 nitrogen and oxygen atoms in total. The van der Waals surface area contributed by atoms with Crippen molar-refractivity contribution < 1.29 is 50.2 Å². The van der Waals surface area contributed by atoms with Crippen molar-refractivity contribution in [1.29, 1.82) is 0 Å². The molecule has 1 atom stereocenters. The molecule has 3 aromatic rings. The highest BCUT2D eigenvalue weighted by molar-refractivity contribution is 9.10. The van der Waals surface area contributed by atoms with Crippen LogP contribution in [0.5, 0.6) is 5.75 Å². The Morgan fingerprint density at radius 2 is 1.81 bits per heavy atom. The number of halogens is 6. The number of nitrogens with zero attached hydrogens (tertiary/aromatic N) is 1. The highest BCUT2D eigenvalue weighted by atomic mass is 79.9. The maximum Gasteiger partial charge on any atom is 0.416 e. The fourth-order valence-corrected chi connectivity index (χ4v) is 3.54. The second kappa shape index (κ2) is 11.7. The van der Waals surface area contributed by atoms with E-state index >= 15 is 0 Å². The highest BCUT2D eigenvalue weighted by Gasteiger charge is 2.31. The van der Waals surface area contributed by atoms with Crippen molar-refractivity contribution in [3.05, 3.63) is 69.7 Å². The predicted molar refractivity (Wildman–Crippen MR) is 120 cm³/mol. The van der Waals surface area contributed by atoms with Gasteiger partial charge in [0.1, 0.15) is 23.7 Å². The molecule has 0 saturated heterocycles. The number of esters is 1. The lowest BCUT2D eigenvalue weighted by Crippen LogP contribution is -2.21. The summed E-state index contributed by atoms with van der Waals surface area (Å²) in [5.74, 6) is -5.53. The highest BCUT2D eigenvalue weighted by Crippen LogP contribution is 2.35. The molecule has 0 radical (unpaired) electrons. The number of alkyl halides is 3. The first kappa shape index (κ1) is 28.1. The van der Waals surface area contributed by atoms with Gasteiger partial charge < -0.3 is 24.4 Å². The number of aromatic nitrogens is 1. The van der Waals surface area contributed by atoms with E-state index in [2.05, 4.69) is 20.9 Å². The van der Waals surface area contributed by atoms with Gasteiger partial charge in [-0.15, -0.1) is 0 Å². The molecule has 2 aromatic carbocycles. The maximum atomic E-state index is 14.8. The Morgan fingerprint density at radius 3 is 2.41 bits per heavy atom. The third-order valence-corrected chi connectivity index (χ3v) is 5.27. The van der Waals surface area contributed by atoms with Crippen molar-refractivity contribution in [1.82, 2.24) is 4.98 Å². The largest absolute Gasteiger partial charge is 0.475 e. The van der Waals surface area contributed by atoms with Crippen LogP contribution in [0.15, 0.2) is 45.5 Å². The number of hydrogen-bond donors (Lipinski definition) is 1. The van der Waals surface area contributed by atoms with Crippen LogP contribution in [0.25, 0.3) is 11.3 Å². The monoisotopic (exact) mass is 592 g/mol. The van der Waals surface area contributed by atoms with Crippen LogP contribution >= 0.6 is 15.9 Å². The van der Waals surface area contributed by atoms with Gasteiger partial charge in [-0.1, -0.05) is 12.1 Å². The summed E-state index contributed by atoms with van der Waals surface area (Å²) in [5, 5.41) is 0. The molecule has 37 heavy (non-hydrogen) atoms. The number of ether oxygens (including phenoxy) is 3. The van der Waals surface area contributed by atoms with Crippen LogP contribution in [0.4, 0.5) is 22.0 Å². The molecule has 0 aliphatic heterocycles. The van der Waals surface area contributed by atoms with Gasteiger partial charge in [0.25, 0.3) is 5.91 Å². The van der Waals surface area contributed by atoms with E-state index in [1.165, 1.54) is 12.1 Å². The number of hydrogen-bond acceptors (Lipinski definition) is 7. The van der Waals surface area contributed by atoms with Gasteiger partial charge in [0, 0.05) is 5.56 Å². The van der Waals surface area contributed by atoms with Crippen molar-refractivity contribution >= 4 is 27.8 Å². The van der Waals surface area contributed by atoms with Crippen LogP contribution in [0.1, 0.15) is 34.8 Å². The SMILES string of the molecule is CCOC(=O)COCC(Oc1ccc(F)c(C(N)=O)c1F)c1nc(-c2ccc(C(F)(F)F)cc2)c(Br)o1. The van der Waals surface area contributed by atoms with Crippen molar-refractivity contribution in [2.45, 2.75) is 19.2 Å². The summed E-state index contributed by atoms with van der Waals surface area (Å²) in [7, 11) is 0. The van der Waals surface area contributed by atoms with Crippen LogP contribution < -0.4 is 10.5 Å². The Kier molecular flexibility index (Phi) is 8.86. The zero-order valence-electron chi connectivity index (χ0n) is 18.9. The molecule has 1 unspecified atom stereocenters. The van der Waals surface area contributed by atoms with Crippen molar-refractivity contribution in [3.8, 4) is 17.0 Å². The summed E-state index contributed by atoms with van der Waals surface area (Å²) >= 11 is 3.13. The first-order valence-electron chi connectivity index (χ1n) is 10.4. The Balaban J connectivity index is 1.94. The molecule has 1 amide bonds. The van der Waals surface area contributed by atoms with Gasteiger partial charge in [0.05, 0.1) is 18.8 Å². The second-order valence-corrected chi connectivity index (χ2v) is 8.00. The lowest BCUT2D eigenvalue weighted by atomic mass is 10.1. The summed E-state index contributed by atoms with van der Waals surface area (Å²) in [4.78, 5) is 27.3. The van der Waals surface area contributed by atoms with Crippen molar-refractivity contribution in [2.24, 2.45) is 5.73 Å². The Bertz CT molecular complexity index is 1280. The number of rotatable bonds is 10. The van der Waals surface area contributed by atoms with E-state index < -0.39 is 65.9 Å². The Labute approximate surface area is 214 Å². The molecule has 0 aliphatic rings. The van der Waals surface area contributed by atoms with Gasteiger partial charge in [-0.05, 0) is 47.1 Å². The molecule has 198 valence electrons. The molecule has 0 aliphatic carbocycles. The summed E-state index contributed by atoms with van der Waals surface area (Å²) < 4.78 is 88.4. The first-order chi connectivity index (χ1) is 17.4. The van der Waals surface area contributed by atoms with E-state index in [0.717, 1.165) is 24.3 Å². The number of oxazole rings is 1. The quantitative estimate of drug-likeness (QED) is 0.254. The lowest BCUT2D eigenvalue weighted by Gasteiger charge is -2.17. The van der Waals surface area contributed by atoms with Crippen LogP contribution in [0, 0.1) is 11.6 Å². The van der Waals surface area contributed by atoms with E-state index in [-0.39, 0.29) is 28.4 Å². The summed E-state index contributed by atoms with van der Waals surface area (Å²) in [6.45, 7) is 0.715. The summed E-state index contributed by atoms with van der Waals surface area (Å²) in [5.41, 5.74) is 3.45. The number of benzene rings is 2. The van der Waals surface area contributed by atoms with Crippen LogP contribution in [0.3, 0.4) is 0 Å². The van der Waals surface area contributed by atoms with Gasteiger partial charge in [-0.2, -0.15) is 13.2 Å². The number of primary amides is 1. The summed E-state index contributed by atoms with van der Waals surface area (Å²) in [6.07, 6.45) is -5.90. The third-order valence-electron chi connectivity index (χ3n) is 4.73.